The molecule has 0 spiro atoms. The Bertz CT molecular complexity index is 638. The summed E-state index contributed by atoms with van der Waals surface area (Å²) in [5, 5.41) is 8.45. The third-order valence-corrected chi connectivity index (χ3v) is 5.04. The lowest BCUT2D eigenvalue weighted by molar-refractivity contribution is -0.718. The summed E-state index contributed by atoms with van der Waals surface area (Å²) in [6.07, 6.45) is 4.60. The predicted octanol–water partition coefficient (Wildman–Crippen LogP) is 1.05. The lowest BCUT2D eigenvalue weighted by atomic mass is 9.87. The Kier molecular flexibility index (Phi) is 5.26. The highest BCUT2D eigenvalue weighted by molar-refractivity contribution is 6.31. The molecule has 2 aliphatic rings. The first kappa shape index (κ1) is 17.0. The zero-order valence-corrected chi connectivity index (χ0v) is 14.4. The molecule has 1 aromatic rings. The second-order valence-electron chi connectivity index (χ2n) is 6.46. The average Bonchev–Trinajstić information content (AvgIpc) is 2.55. The van der Waals surface area contributed by atoms with E-state index in [-0.39, 0.29) is 30.3 Å². The molecule has 1 saturated heterocycles. The van der Waals surface area contributed by atoms with Crippen LogP contribution in [0.1, 0.15) is 32.1 Å². The Morgan fingerprint density at radius 2 is 2.21 bits per heavy atom. The summed E-state index contributed by atoms with van der Waals surface area (Å²) in [6, 6.07) is 5.29. The van der Waals surface area contributed by atoms with Crippen molar-refractivity contribution in [3.8, 4) is 5.75 Å². The van der Waals surface area contributed by atoms with Gasteiger partial charge in [0.1, 0.15) is 11.8 Å². The van der Waals surface area contributed by atoms with Crippen molar-refractivity contribution >= 4 is 29.1 Å². The van der Waals surface area contributed by atoms with Crippen molar-refractivity contribution in [1.82, 2.24) is 5.32 Å². The van der Waals surface area contributed by atoms with Gasteiger partial charge in [0, 0.05) is 11.4 Å². The van der Waals surface area contributed by atoms with Crippen LogP contribution < -0.4 is 20.7 Å². The van der Waals surface area contributed by atoms with Crippen LogP contribution >= 0.6 is 11.6 Å². The third kappa shape index (κ3) is 3.82. The maximum Gasteiger partial charge on any atom is 0.279 e. The number of nitrogens with one attached hydrogen (secondary N) is 2. The Labute approximate surface area is 146 Å². The maximum atomic E-state index is 12.4. The number of piperazine rings is 1. The Morgan fingerprint density at radius 3 is 3.00 bits per heavy atom. The van der Waals surface area contributed by atoms with Gasteiger partial charge >= 0.3 is 0 Å². The van der Waals surface area contributed by atoms with Crippen molar-refractivity contribution < 1.29 is 19.6 Å². The molecule has 1 aromatic carbocycles. The van der Waals surface area contributed by atoms with E-state index in [4.69, 9.17) is 16.3 Å². The first-order chi connectivity index (χ1) is 11.6. The van der Waals surface area contributed by atoms with E-state index in [0.29, 0.717) is 22.5 Å². The van der Waals surface area contributed by atoms with Crippen LogP contribution in [0.2, 0.25) is 5.02 Å². The van der Waals surface area contributed by atoms with Gasteiger partial charge in [0.15, 0.2) is 6.04 Å². The number of benzene rings is 1. The normalized spacial score (nSPS) is 26.2. The number of fused-ring (bicyclic) bond motifs is 1. The second kappa shape index (κ2) is 7.40. The van der Waals surface area contributed by atoms with Gasteiger partial charge in [-0.2, -0.15) is 0 Å². The van der Waals surface area contributed by atoms with Crippen LogP contribution in [0.5, 0.6) is 5.75 Å². The molecule has 3 rings (SSSR count). The van der Waals surface area contributed by atoms with Crippen LogP contribution in [0.25, 0.3) is 0 Å². The van der Waals surface area contributed by atoms with Crippen molar-refractivity contribution in [1.29, 1.82) is 0 Å². The lowest BCUT2D eigenvalue weighted by Crippen LogP contribution is -3.03. The number of hydrogen-bond acceptors (Lipinski definition) is 3. The molecule has 1 heterocycles. The number of hydrogen-bond donors (Lipinski definition) is 3. The largest absolute Gasteiger partial charge is 0.495 e. The zero-order valence-electron chi connectivity index (χ0n) is 13.7. The highest BCUT2D eigenvalue weighted by Crippen LogP contribution is 2.27. The number of anilines is 1. The van der Waals surface area contributed by atoms with Crippen LogP contribution in [0.15, 0.2) is 18.2 Å². The standard InChI is InChI=1S/C17H22ClN3O3/c1-24-15-7-6-10(18)8-13(15)20-16(22)9-14-17(23)21-12-5-3-2-4-11(12)19-14/h6-8,11-12,14,19H,2-5,9H2,1H3,(H,20,22)(H,21,23)/p+1/t11-,12+,14-/m0/s1. The van der Waals surface area contributed by atoms with Crippen LogP contribution in [0.3, 0.4) is 0 Å². The number of nitrogens with two attached hydrogens (primary N) is 1. The summed E-state index contributed by atoms with van der Waals surface area (Å²) in [7, 11) is 1.53. The van der Waals surface area contributed by atoms with E-state index in [0.717, 1.165) is 19.3 Å². The number of carbonyl (C=O) groups is 2. The van der Waals surface area contributed by atoms with Crippen LogP contribution in [0, 0.1) is 0 Å². The fraction of sp³-hybridized carbons (Fsp3) is 0.529. The topological polar surface area (TPSA) is 84.0 Å². The summed E-state index contributed by atoms with van der Waals surface area (Å²) >= 11 is 5.97. The van der Waals surface area contributed by atoms with E-state index in [9.17, 15) is 9.59 Å². The number of amides is 2. The minimum Gasteiger partial charge on any atom is -0.495 e. The maximum absolute atomic E-state index is 12.4. The Morgan fingerprint density at radius 1 is 1.42 bits per heavy atom. The summed E-state index contributed by atoms with van der Waals surface area (Å²) < 4.78 is 5.22. The SMILES string of the molecule is COc1ccc(Cl)cc1NC(=O)C[C@@H]1[NH2+][C@H]2CCCC[C@H]2NC1=O. The van der Waals surface area contributed by atoms with Crippen LogP contribution in [0.4, 0.5) is 5.69 Å². The molecule has 2 amide bonds. The van der Waals surface area contributed by atoms with Crippen molar-refractivity contribution in [2.24, 2.45) is 0 Å². The molecule has 130 valence electrons. The molecule has 1 aliphatic heterocycles. The second-order valence-corrected chi connectivity index (χ2v) is 6.90. The molecule has 0 bridgehead atoms. The molecular weight excluding hydrogens is 330 g/mol. The Balaban J connectivity index is 1.62. The van der Waals surface area contributed by atoms with Crippen molar-refractivity contribution in [3.63, 3.8) is 0 Å². The molecule has 4 N–H and O–H groups in total. The highest BCUT2D eigenvalue weighted by Gasteiger charge is 2.40. The van der Waals surface area contributed by atoms with E-state index >= 15 is 0 Å². The van der Waals surface area contributed by atoms with Crippen molar-refractivity contribution in [2.45, 2.75) is 50.2 Å². The van der Waals surface area contributed by atoms with Crippen molar-refractivity contribution in [2.75, 3.05) is 12.4 Å². The van der Waals surface area contributed by atoms with Gasteiger partial charge in [0.05, 0.1) is 25.3 Å². The summed E-state index contributed by atoms with van der Waals surface area (Å²) in [5.74, 6) is 0.268. The molecule has 24 heavy (non-hydrogen) atoms. The predicted molar refractivity (Wildman–Crippen MR) is 91.2 cm³/mol. The first-order valence-corrected chi connectivity index (χ1v) is 8.73. The number of halogens is 1. The van der Waals surface area contributed by atoms with Gasteiger partial charge in [-0.05, 0) is 31.0 Å². The first-order valence-electron chi connectivity index (χ1n) is 8.35. The van der Waals surface area contributed by atoms with Gasteiger partial charge in [0.25, 0.3) is 5.91 Å². The quantitative estimate of drug-likeness (QED) is 0.757. The van der Waals surface area contributed by atoms with Gasteiger partial charge in [-0.15, -0.1) is 0 Å². The molecule has 6 nitrogen and oxygen atoms in total. The van der Waals surface area contributed by atoms with E-state index < -0.39 is 0 Å². The highest BCUT2D eigenvalue weighted by atomic mass is 35.5. The molecule has 0 unspecified atom stereocenters. The number of ether oxygens (including phenoxy) is 1. The molecule has 3 atom stereocenters. The molecule has 1 saturated carbocycles. The minimum absolute atomic E-state index is 0.0497. The number of quaternary nitrogens is 1. The van der Waals surface area contributed by atoms with Gasteiger partial charge in [-0.25, -0.2) is 0 Å². The monoisotopic (exact) mass is 352 g/mol. The number of methoxy groups -OCH3 is 1. The molecular formula is C17H23ClN3O3+. The van der Waals surface area contributed by atoms with Crippen molar-refractivity contribution in [3.05, 3.63) is 23.2 Å². The van der Waals surface area contributed by atoms with Crippen LogP contribution in [-0.2, 0) is 9.59 Å². The Hall–Kier alpha value is -1.79. The van der Waals surface area contributed by atoms with E-state index in [2.05, 4.69) is 16.0 Å². The molecule has 2 fully saturated rings. The van der Waals surface area contributed by atoms with Gasteiger partial charge in [-0.3, -0.25) is 9.59 Å². The smallest absolute Gasteiger partial charge is 0.279 e. The van der Waals surface area contributed by atoms with Gasteiger partial charge in [-0.1, -0.05) is 18.0 Å². The van der Waals surface area contributed by atoms with Gasteiger partial charge < -0.3 is 20.7 Å². The number of rotatable bonds is 4. The lowest BCUT2D eigenvalue weighted by Gasteiger charge is -2.37. The third-order valence-electron chi connectivity index (χ3n) is 4.80. The summed E-state index contributed by atoms with van der Waals surface area (Å²) in [4.78, 5) is 24.6. The molecule has 0 radical (unpaired) electrons. The van der Waals surface area contributed by atoms with E-state index in [1.54, 1.807) is 18.2 Å². The summed E-state index contributed by atoms with van der Waals surface area (Å²) in [5.41, 5.74) is 0.516. The molecule has 1 aliphatic carbocycles. The van der Waals surface area contributed by atoms with Gasteiger partial charge in [0.2, 0.25) is 5.91 Å². The zero-order chi connectivity index (χ0) is 17.1. The molecule has 0 aromatic heterocycles. The fourth-order valence-electron chi connectivity index (χ4n) is 3.58. The summed E-state index contributed by atoms with van der Waals surface area (Å²) in [6.45, 7) is 0. The van der Waals surface area contributed by atoms with E-state index in [1.165, 1.54) is 13.5 Å². The fourth-order valence-corrected chi connectivity index (χ4v) is 3.76. The van der Waals surface area contributed by atoms with E-state index in [1.807, 2.05) is 0 Å². The minimum atomic E-state index is -0.380. The number of carbonyl (C=O) groups excluding carboxylic acids is 2. The van der Waals surface area contributed by atoms with Crippen LogP contribution in [-0.4, -0.2) is 37.0 Å². The molecule has 7 heteroatoms. The average molecular weight is 353 g/mol.